The first-order chi connectivity index (χ1) is 12.6. The molecule has 0 amide bonds. The Morgan fingerprint density at radius 1 is 0.462 bits per heavy atom. The van der Waals surface area contributed by atoms with Crippen LogP contribution in [-0.4, -0.2) is 37.5 Å². The van der Waals surface area contributed by atoms with Crippen molar-refractivity contribution in [3.05, 3.63) is 0 Å². The Balaban J connectivity index is 3.09. The molecule has 2 heteroatoms. The van der Waals surface area contributed by atoms with Crippen LogP contribution in [0, 0.1) is 0 Å². The first-order valence-corrected chi connectivity index (χ1v) is 12.5. The molecule has 0 bridgehead atoms. The van der Waals surface area contributed by atoms with E-state index in [1.54, 1.807) is 0 Å². The van der Waals surface area contributed by atoms with E-state index in [1.807, 2.05) is 0 Å². The fraction of sp³-hybridized carbons (Fsp3) is 1.00. The Labute approximate surface area is 171 Å². The van der Waals surface area contributed by atoms with E-state index >= 15 is 0 Å². The Morgan fingerprint density at radius 3 is 1.08 bits per heavy atom. The van der Waals surface area contributed by atoms with Crippen LogP contribution in [0.5, 0.6) is 0 Å². The summed E-state index contributed by atoms with van der Waals surface area (Å²) in [6.45, 7) is 4.68. The van der Waals surface area contributed by atoms with Crippen LogP contribution in [0.25, 0.3) is 0 Å². The summed E-state index contributed by atoms with van der Waals surface area (Å²) in [6, 6.07) is 0. The second-order valence-corrected chi connectivity index (χ2v) is 9.46. The summed E-state index contributed by atoms with van der Waals surface area (Å²) in [5, 5.41) is 0. The number of hydrogen-bond donors (Lipinski definition) is 0. The van der Waals surface area contributed by atoms with Gasteiger partial charge < -0.3 is 4.48 Å². The monoisotopic (exact) mass is 388 g/mol. The van der Waals surface area contributed by atoms with Gasteiger partial charge in [-0.2, -0.15) is 0 Å². The van der Waals surface area contributed by atoms with Gasteiger partial charge in [-0.05, 0) is 12.8 Å². The predicted octanol–water partition coefficient (Wildman–Crippen LogP) is 8.34. The van der Waals surface area contributed by atoms with Gasteiger partial charge in [-0.1, -0.05) is 110 Å². The quantitative estimate of drug-likeness (QED) is 0.105. The number of halogens is 1. The molecule has 0 aromatic heterocycles. The Hall–Kier alpha value is 0.250. The molecule has 0 spiro atoms. The molecular weight excluding hydrogens is 338 g/mol. The SMILES string of the molecule is CCCCCCCCCCCCCCCCCCCC[N+](C)(C)CCCl. The van der Waals surface area contributed by atoms with Crippen molar-refractivity contribution in [3.8, 4) is 0 Å². The molecule has 0 fully saturated rings. The first-order valence-electron chi connectivity index (χ1n) is 12.0. The van der Waals surface area contributed by atoms with Crippen LogP contribution in [0.3, 0.4) is 0 Å². The van der Waals surface area contributed by atoms with Crippen molar-refractivity contribution in [2.24, 2.45) is 0 Å². The van der Waals surface area contributed by atoms with Gasteiger partial charge in [0.15, 0.2) is 0 Å². The van der Waals surface area contributed by atoms with Crippen LogP contribution in [0.2, 0.25) is 0 Å². The van der Waals surface area contributed by atoms with Crippen molar-refractivity contribution in [3.63, 3.8) is 0 Å². The Bertz CT molecular complexity index is 265. The number of nitrogens with zero attached hydrogens (tertiary/aromatic N) is 1. The minimum Gasteiger partial charge on any atom is -0.327 e. The zero-order valence-corrected chi connectivity index (χ0v) is 19.4. The number of alkyl halides is 1. The van der Waals surface area contributed by atoms with Gasteiger partial charge in [-0.25, -0.2) is 0 Å². The van der Waals surface area contributed by atoms with Crippen molar-refractivity contribution in [2.45, 2.75) is 122 Å². The molecule has 26 heavy (non-hydrogen) atoms. The van der Waals surface area contributed by atoms with Gasteiger partial charge >= 0.3 is 0 Å². The molecule has 0 saturated heterocycles. The van der Waals surface area contributed by atoms with Crippen molar-refractivity contribution in [1.82, 2.24) is 0 Å². The van der Waals surface area contributed by atoms with Crippen molar-refractivity contribution in [2.75, 3.05) is 33.1 Å². The minimum atomic E-state index is 0.784. The third kappa shape index (κ3) is 20.6. The van der Waals surface area contributed by atoms with E-state index in [0.717, 1.165) is 16.9 Å². The van der Waals surface area contributed by atoms with Crippen LogP contribution in [-0.2, 0) is 0 Å². The van der Waals surface area contributed by atoms with Gasteiger partial charge in [0.25, 0.3) is 0 Å². The summed E-state index contributed by atoms with van der Waals surface area (Å²) in [6.07, 6.45) is 26.1. The molecule has 0 aromatic carbocycles. The largest absolute Gasteiger partial charge is 0.327 e. The highest BCUT2D eigenvalue weighted by Crippen LogP contribution is 2.14. The van der Waals surface area contributed by atoms with E-state index in [1.165, 1.54) is 122 Å². The lowest BCUT2D eigenvalue weighted by Crippen LogP contribution is -2.41. The maximum absolute atomic E-state index is 5.86. The van der Waals surface area contributed by atoms with Crippen molar-refractivity contribution >= 4 is 11.6 Å². The van der Waals surface area contributed by atoms with Gasteiger partial charge in [-0.15, -0.1) is 11.6 Å². The molecule has 0 heterocycles. The molecule has 0 aliphatic heterocycles. The number of unbranched alkanes of at least 4 members (excludes halogenated alkanes) is 17. The molecule has 0 aromatic rings. The standard InChI is InChI=1S/C24H51ClN/c1-4-5-6-7-8-9-10-11-12-13-14-15-16-17-18-19-20-21-23-26(2,3)24-22-25/h4-24H2,1-3H3/q+1. The van der Waals surface area contributed by atoms with E-state index in [9.17, 15) is 0 Å². The lowest BCUT2D eigenvalue weighted by atomic mass is 10.0. The molecule has 0 unspecified atom stereocenters. The normalized spacial score (nSPS) is 12.0. The van der Waals surface area contributed by atoms with Gasteiger partial charge in [-0.3, -0.25) is 0 Å². The minimum absolute atomic E-state index is 0.784. The molecule has 0 atom stereocenters. The lowest BCUT2D eigenvalue weighted by molar-refractivity contribution is -0.888. The van der Waals surface area contributed by atoms with E-state index in [4.69, 9.17) is 11.6 Å². The summed E-state index contributed by atoms with van der Waals surface area (Å²) in [4.78, 5) is 0. The molecule has 0 rings (SSSR count). The predicted molar refractivity (Wildman–Crippen MR) is 121 cm³/mol. The molecule has 0 N–H and O–H groups in total. The highest BCUT2D eigenvalue weighted by atomic mass is 35.5. The molecule has 1 nitrogen and oxygen atoms in total. The van der Waals surface area contributed by atoms with E-state index in [0.29, 0.717) is 0 Å². The summed E-state index contributed by atoms with van der Waals surface area (Å²) in [7, 11) is 4.60. The second-order valence-electron chi connectivity index (χ2n) is 9.08. The molecule has 0 aliphatic carbocycles. The summed E-state index contributed by atoms with van der Waals surface area (Å²) >= 11 is 5.86. The highest BCUT2D eigenvalue weighted by molar-refractivity contribution is 6.17. The average molecular weight is 389 g/mol. The number of hydrogen-bond acceptors (Lipinski definition) is 0. The van der Waals surface area contributed by atoms with Crippen LogP contribution in [0.15, 0.2) is 0 Å². The lowest BCUT2D eigenvalue weighted by Gasteiger charge is -2.28. The topological polar surface area (TPSA) is 0 Å². The third-order valence-electron chi connectivity index (χ3n) is 5.81. The summed E-state index contributed by atoms with van der Waals surface area (Å²) in [5.41, 5.74) is 0. The molecule has 0 radical (unpaired) electrons. The maximum atomic E-state index is 5.86. The molecular formula is C24H51ClN+. The van der Waals surface area contributed by atoms with Crippen molar-refractivity contribution in [1.29, 1.82) is 0 Å². The van der Waals surface area contributed by atoms with Crippen LogP contribution in [0.4, 0.5) is 0 Å². The average Bonchev–Trinajstić information content (AvgIpc) is 2.60. The van der Waals surface area contributed by atoms with Crippen LogP contribution < -0.4 is 0 Å². The Morgan fingerprint density at radius 2 is 0.769 bits per heavy atom. The van der Waals surface area contributed by atoms with Crippen LogP contribution >= 0.6 is 11.6 Å². The van der Waals surface area contributed by atoms with E-state index < -0.39 is 0 Å². The highest BCUT2D eigenvalue weighted by Gasteiger charge is 2.12. The fourth-order valence-corrected chi connectivity index (χ4v) is 4.24. The van der Waals surface area contributed by atoms with Crippen molar-refractivity contribution < 1.29 is 4.48 Å². The molecule has 158 valence electrons. The summed E-state index contributed by atoms with van der Waals surface area (Å²) in [5.74, 6) is 0.784. The van der Waals surface area contributed by atoms with E-state index in [-0.39, 0.29) is 0 Å². The van der Waals surface area contributed by atoms with Gasteiger partial charge in [0.05, 0.1) is 33.1 Å². The molecule has 0 aliphatic rings. The fourth-order valence-electron chi connectivity index (χ4n) is 3.78. The Kier molecular flexibility index (Phi) is 20.2. The zero-order chi connectivity index (χ0) is 19.3. The van der Waals surface area contributed by atoms with Gasteiger partial charge in [0.2, 0.25) is 0 Å². The van der Waals surface area contributed by atoms with Crippen LogP contribution in [0.1, 0.15) is 122 Å². The van der Waals surface area contributed by atoms with Gasteiger partial charge in [0, 0.05) is 0 Å². The maximum Gasteiger partial charge on any atom is 0.0920 e. The smallest absolute Gasteiger partial charge is 0.0920 e. The number of rotatable bonds is 21. The first kappa shape index (κ1) is 26.2. The molecule has 0 saturated carbocycles. The zero-order valence-electron chi connectivity index (χ0n) is 18.7. The second kappa shape index (κ2) is 20.0. The number of quaternary nitrogens is 1. The summed E-state index contributed by atoms with van der Waals surface area (Å²) < 4.78 is 1.09. The van der Waals surface area contributed by atoms with Gasteiger partial charge in [0.1, 0.15) is 0 Å². The van der Waals surface area contributed by atoms with E-state index in [2.05, 4.69) is 21.0 Å². The third-order valence-corrected chi connectivity index (χ3v) is 5.98.